The third kappa shape index (κ3) is 7.95. The van der Waals surface area contributed by atoms with Crippen LogP contribution in [0.25, 0.3) is 11.3 Å². The number of methoxy groups -OCH3 is 1. The van der Waals surface area contributed by atoms with E-state index in [1.54, 1.807) is 56.9 Å². The molecule has 0 radical (unpaired) electrons. The first-order valence-electron chi connectivity index (χ1n) is 11.0. The molecular weight excluding hydrogens is 450 g/mol. The highest BCUT2D eigenvalue weighted by molar-refractivity contribution is 6.17. The van der Waals surface area contributed by atoms with Gasteiger partial charge in [-0.15, -0.1) is 5.17 Å². The number of ether oxygens (including phenoxy) is 2. The van der Waals surface area contributed by atoms with E-state index in [0.717, 1.165) is 10.7 Å². The second-order valence-electron chi connectivity index (χ2n) is 7.72. The Morgan fingerprint density at radius 2 is 2.11 bits per heavy atom. The summed E-state index contributed by atoms with van der Waals surface area (Å²) in [7, 11) is 2.95. The number of nitrogens with zero attached hydrogens (tertiary/aromatic N) is 5. The zero-order valence-electron chi connectivity index (χ0n) is 20.8. The van der Waals surface area contributed by atoms with Crippen molar-refractivity contribution in [1.29, 1.82) is 0 Å². The number of rotatable bonds is 13. The first-order valence-corrected chi connectivity index (χ1v) is 11.0. The van der Waals surface area contributed by atoms with Gasteiger partial charge in [-0.2, -0.15) is 0 Å². The molecule has 0 aliphatic heterocycles. The Morgan fingerprint density at radius 1 is 1.34 bits per heavy atom. The van der Waals surface area contributed by atoms with Gasteiger partial charge in [0, 0.05) is 32.5 Å². The summed E-state index contributed by atoms with van der Waals surface area (Å²) in [5, 5.41) is 13.0. The summed E-state index contributed by atoms with van der Waals surface area (Å²) in [5.74, 6) is 0.631. The monoisotopic (exact) mass is 483 g/mol. The molecule has 2 aromatic heterocycles. The first-order chi connectivity index (χ1) is 16.7. The molecule has 0 aliphatic carbocycles. The third-order valence-corrected chi connectivity index (χ3v) is 4.95. The van der Waals surface area contributed by atoms with Crippen LogP contribution in [0.1, 0.15) is 27.2 Å². The zero-order chi connectivity index (χ0) is 25.8. The lowest BCUT2D eigenvalue weighted by Crippen LogP contribution is -2.41. The number of aromatic nitrogens is 3. The predicted molar refractivity (Wildman–Crippen MR) is 134 cm³/mol. The van der Waals surface area contributed by atoms with E-state index in [1.165, 1.54) is 7.05 Å². The molecule has 2 aromatic rings. The van der Waals surface area contributed by atoms with E-state index >= 15 is 0 Å². The van der Waals surface area contributed by atoms with Crippen molar-refractivity contribution in [3.05, 3.63) is 55.3 Å². The van der Waals surface area contributed by atoms with Crippen molar-refractivity contribution in [3.63, 3.8) is 0 Å². The largest absolute Gasteiger partial charge is 0.477 e. The Hall–Kier alpha value is -3.67. The SMILES string of the molecule is C=C(/N=C(\C=C/C)C(C)(CCOC)C(=O)Nc1ccc(-c2cncc(OCC)n2)cn1)NN(C)O. The number of anilines is 1. The van der Waals surface area contributed by atoms with E-state index in [1.807, 2.05) is 13.8 Å². The average Bonchev–Trinajstić information content (AvgIpc) is 2.82. The Balaban J connectivity index is 2.30. The van der Waals surface area contributed by atoms with Crippen LogP contribution in [0.4, 0.5) is 5.82 Å². The predicted octanol–water partition coefficient (Wildman–Crippen LogP) is 3.23. The molecule has 1 atom stereocenters. The van der Waals surface area contributed by atoms with Crippen LogP contribution >= 0.6 is 0 Å². The lowest BCUT2D eigenvalue weighted by molar-refractivity contribution is -0.122. The number of carbonyl (C=O) groups is 1. The van der Waals surface area contributed by atoms with Crippen LogP contribution in [-0.4, -0.2) is 64.3 Å². The maximum absolute atomic E-state index is 13.5. The van der Waals surface area contributed by atoms with Crippen LogP contribution in [0.15, 0.2) is 60.3 Å². The smallest absolute Gasteiger partial charge is 0.237 e. The van der Waals surface area contributed by atoms with Gasteiger partial charge in [0.2, 0.25) is 11.8 Å². The fraction of sp³-hybridized carbons (Fsp3) is 0.375. The van der Waals surface area contributed by atoms with E-state index in [-0.39, 0.29) is 11.7 Å². The highest BCUT2D eigenvalue weighted by Crippen LogP contribution is 2.28. The number of allylic oxidation sites excluding steroid dienone is 2. The van der Waals surface area contributed by atoms with Gasteiger partial charge in [0.25, 0.3) is 0 Å². The lowest BCUT2D eigenvalue weighted by Gasteiger charge is -2.29. The van der Waals surface area contributed by atoms with Crippen LogP contribution in [-0.2, 0) is 9.53 Å². The lowest BCUT2D eigenvalue weighted by atomic mass is 9.80. The van der Waals surface area contributed by atoms with Gasteiger partial charge < -0.3 is 14.8 Å². The molecule has 0 fully saturated rings. The minimum Gasteiger partial charge on any atom is -0.477 e. The number of pyridine rings is 1. The number of hydrogen-bond acceptors (Lipinski definition) is 10. The fourth-order valence-electron chi connectivity index (χ4n) is 3.10. The number of nitrogens with one attached hydrogen (secondary N) is 2. The van der Waals surface area contributed by atoms with Crippen LogP contribution < -0.4 is 15.5 Å². The van der Waals surface area contributed by atoms with Crippen LogP contribution in [0.5, 0.6) is 5.88 Å². The molecule has 3 N–H and O–H groups in total. The topological polar surface area (TPSA) is 134 Å². The van der Waals surface area contributed by atoms with E-state index in [4.69, 9.17) is 9.47 Å². The molecule has 2 heterocycles. The van der Waals surface area contributed by atoms with Gasteiger partial charge in [-0.25, -0.2) is 15.0 Å². The molecule has 0 spiro atoms. The number of hydrogen-bond donors (Lipinski definition) is 3. The minimum absolute atomic E-state index is 0.164. The Kier molecular flexibility index (Phi) is 10.5. The first kappa shape index (κ1) is 27.6. The molecule has 11 nitrogen and oxygen atoms in total. The maximum atomic E-state index is 13.5. The highest BCUT2D eigenvalue weighted by atomic mass is 16.5. The van der Waals surface area contributed by atoms with Gasteiger partial charge in [0.1, 0.15) is 11.6 Å². The van der Waals surface area contributed by atoms with Gasteiger partial charge in [0.15, 0.2) is 0 Å². The van der Waals surface area contributed by atoms with Crippen molar-refractivity contribution in [3.8, 4) is 17.1 Å². The summed E-state index contributed by atoms with van der Waals surface area (Å²) in [5.41, 5.74) is 3.25. The molecule has 1 unspecified atom stereocenters. The fourth-order valence-corrected chi connectivity index (χ4v) is 3.10. The zero-order valence-corrected chi connectivity index (χ0v) is 20.8. The van der Waals surface area contributed by atoms with Gasteiger partial charge in [-0.1, -0.05) is 12.7 Å². The highest BCUT2D eigenvalue weighted by Gasteiger charge is 2.38. The summed E-state index contributed by atoms with van der Waals surface area (Å²) in [6.07, 6.45) is 8.61. The summed E-state index contributed by atoms with van der Waals surface area (Å²) < 4.78 is 10.6. The molecule has 2 rings (SSSR count). The van der Waals surface area contributed by atoms with Crippen LogP contribution in [0, 0.1) is 5.41 Å². The molecular formula is C24H33N7O4. The minimum atomic E-state index is -1.08. The Morgan fingerprint density at radius 3 is 2.71 bits per heavy atom. The number of amides is 1. The van der Waals surface area contributed by atoms with Gasteiger partial charge in [-0.05, 0) is 45.4 Å². The van der Waals surface area contributed by atoms with Crippen molar-refractivity contribution in [1.82, 2.24) is 25.5 Å². The molecule has 188 valence electrons. The molecule has 11 heteroatoms. The summed E-state index contributed by atoms with van der Waals surface area (Å²) in [4.78, 5) is 30.8. The molecule has 0 bridgehead atoms. The van der Waals surface area contributed by atoms with E-state index in [2.05, 4.69) is 37.3 Å². The van der Waals surface area contributed by atoms with Crippen molar-refractivity contribution < 1.29 is 19.5 Å². The Bertz CT molecular complexity index is 1050. The molecule has 0 saturated carbocycles. The molecule has 0 aromatic carbocycles. The van der Waals surface area contributed by atoms with E-state index in [0.29, 0.717) is 42.7 Å². The number of hydrazine groups is 1. The third-order valence-electron chi connectivity index (χ3n) is 4.95. The summed E-state index contributed by atoms with van der Waals surface area (Å²) >= 11 is 0. The molecule has 1 amide bonds. The van der Waals surface area contributed by atoms with Crippen molar-refractivity contribution in [2.45, 2.75) is 27.2 Å². The molecule has 0 saturated heterocycles. The standard InChI is InChI=1S/C24H33N7O4/c1-7-9-20(27-17(3)30-31(5)33)24(4,12-13-34-6)23(32)29-21-11-10-18(14-26-21)19-15-25-16-22(28-19)35-8-2/h7,9-11,14-16,30,33H,3,8,12-13H2,1-2,4-6H3,(H,26,29,32)/b9-7-,27-20+. The maximum Gasteiger partial charge on any atom is 0.237 e. The number of hydroxylamine groups is 1. The normalized spacial score (nSPS) is 13.5. The second kappa shape index (κ2) is 13.3. The Labute approximate surface area is 205 Å². The van der Waals surface area contributed by atoms with Crippen molar-refractivity contribution in [2.24, 2.45) is 10.4 Å². The van der Waals surface area contributed by atoms with Gasteiger partial charge in [0.05, 0.1) is 35.8 Å². The summed E-state index contributed by atoms with van der Waals surface area (Å²) in [6.45, 7) is 10.0. The average molecular weight is 484 g/mol. The van der Waals surface area contributed by atoms with Gasteiger partial charge >= 0.3 is 0 Å². The van der Waals surface area contributed by atoms with E-state index < -0.39 is 5.41 Å². The van der Waals surface area contributed by atoms with Crippen LogP contribution in [0.2, 0.25) is 0 Å². The second-order valence-corrected chi connectivity index (χ2v) is 7.72. The van der Waals surface area contributed by atoms with Crippen molar-refractivity contribution in [2.75, 3.05) is 32.7 Å². The molecule has 0 aliphatic rings. The van der Waals surface area contributed by atoms with Crippen LogP contribution in [0.3, 0.4) is 0 Å². The van der Waals surface area contributed by atoms with E-state index in [9.17, 15) is 10.0 Å². The number of carbonyl (C=O) groups excluding carboxylic acids is 1. The summed E-state index contributed by atoms with van der Waals surface area (Å²) in [6, 6.07) is 3.48. The van der Waals surface area contributed by atoms with Crippen molar-refractivity contribution >= 4 is 17.4 Å². The number of aliphatic imine (C=N–C) groups is 1. The molecule has 35 heavy (non-hydrogen) atoms. The van der Waals surface area contributed by atoms with Gasteiger partial charge in [-0.3, -0.25) is 20.4 Å². The quantitative estimate of drug-likeness (QED) is 0.290.